The summed E-state index contributed by atoms with van der Waals surface area (Å²) < 4.78 is 5.95. The van der Waals surface area contributed by atoms with Crippen LogP contribution >= 0.6 is 12.6 Å². The van der Waals surface area contributed by atoms with Gasteiger partial charge >= 0.3 is 0 Å². The van der Waals surface area contributed by atoms with Gasteiger partial charge in [0.1, 0.15) is 11.5 Å². The van der Waals surface area contributed by atoms with E-state index in [1.807, 2.05) is 12.1 Å². The van der Waals surface area contributed by atoms with Crippen molar-refractivity contribution in [2.45, 2.75) is 12.2 Å². The highest BCUT2D eigenvalue weighted by atomic mass is 32.1. The fourth-order valence-electron chi connectivity index (χ4n) is 2.10. The molecule has 1 aliphatic heterocycles. The van der Waals surface area contributed by atoms with Crippen molar-refractivity contribution in [3.8, 4) is 11.5 Å². The van der Waals surface area contributed by atoms with Crippen LogP contribution in [0.3, 0.4) is 0 Å². The SMILES string of the molecule is SCc1cccc2c1Oc1ccccc1C2. The van der Waals surface area contributed by atoms with E-state index >= 15 is 0 Å². The molecule has 0 fully saturated rings. The lowest BCUT2D eigenvalue weighted by atomic mass is 9.98. The Hall–Kier alpha value is -1.41. The van der Waals surface area contributed by atoms with Crippen LogP contribution in [0, 0.1) is 0 Å². The van der Waals surface area contributed by atoms with Gasteiger partial charge in [-0.25, -0.2) is 0 Å². The van der Waals surface area contributed by atoms with E-state index in [1.54, 1.807) is 0 Å². The molecule has 0 atom stereocenters. The highest BCUT2D eigenvalue weighted by Crippen LogP contribution is 2.38. The van der Waals surface area contributed by atoms with Crippen LogP contribution < -0.4 is 4.74 Å². The third kappa shape index (κ3) is 1.50. The van der Waals surface area contributed by atoms with Gasteiger partial charge in [-0.15, -0.1) is 0 Å². The van der Waals surface area contributed by atoms with Crippen molar-refractivity contribution in [3.63, 3.8) is 0 Å². The summed E-state index contributed by atoms with van der Waals surface area (Å²) in [6.45, 7) is 0. The maximum absolute atomic E-state index is 5.95. The fourth-order valence-corrected chi connectivity index (χ4v) is 2.35. The number of ether oxygens (including phenoxy) is 1. The van der Waals surface area contributed by atoms with Gasteiger partial charge in [-0.05, 0) is 17.2 Å². The van der Waals surface area contributed by atoms with Crippen molar-refractivity contribution >= 4 is 12.6 Å². The van der Waals surface area contributed by atoms with Crippen molar-refractivity contribution < 1.29 is 4.74 Å². The van der Waals surface area contributed by atoms with Gasteiger partial charge in [0.25, 0.3) is 0 Å². The first-order chi connectivity index (χ1) is 7.88. The molecule has 1 nitrogen and oxygen atoms in total. The van der Waals surface area contributed by atoms with Crippen LogP contribution in [-0.2, 0) is 12.2 Å². The molecule has 0 radical (unpaired) electrons. The lowest BCUT2D eigenvalue weighted by molar-refractivity contribution is 0.456. The first-order valence-corrected chi connectivity index (χ1v) is 5.99. The molecule has 80 valence electrons. The molecule has 1 aliphatic rings. The monoisotopic (exact) mass is 228 g/mol. The van der Waals surface area contributed by atoms with E-state index in [0.717, 1.165) is 23.5 Å². The summed E-state index contributed by atoms with van der Waals surface area (Å²) in [5.41, 5.74) is 3.67. The Morgan fingerprint density at radius 2 is 1.81 bits per heavy atom. The van der Waals surface area contributed by atoms with Gasteiger partial charge in [0, 0.05) is 17.7 Å². The smallest absolute Gasteiger partial charge is 0.134 e. The number of rotatable bonds is 1. The molecule has 1 heterocycles. The van der Waals surface area contributed by atoms with E-state index in [1.165, 1.54) is 11.1 Å². The van der Waals surface area contributed by atoms with Gasteiger partial charge in [-0.2, -0.15) is 12.6 Å². The minimum Gasteiger partial charge on any atom is -0.456 e. The molecular formula is C14H12OS. The zero-order valence-corrected chi connectivity index (χ0v) is 9.71. The number of hydrogen-bond donors (Lipinski definition) is 1. The number of hydrogen-bond acceptors (Lipinski definition) is 2. The Morgan fingerprint density at radius 3 is 2.69 bits per heavy atom. The van der Waals surface area contributed by atoms with E-state index < -0.39 is 0 Å². The molecule has 0 saturated carbocycles. The van der Waals surface area contributed by atoms with Crippen LogP contribution in [0.5, 0.6) is 11.5 Å². The van der Waals surface area contributed by atoms with E-state index in [4.69, 9.17) is 4.74 Å². The number of benzene rings is 2. The lowest BCUT2D eigenvalue weighted by Crippen LogP contribution is -2.04. The average molecular weight is 228 g/mol. The van der Waals surface area contributed by atoms with Gasteiger partial charge < -0.3 is 4.74 Å². The van der Waals surface area contributed by atoms with E-state index in [-0.39, 0.29) is 0 Å². The van der Waals surface area contributed by atoms with Crippen LogP contribution in [0.1, 0.15) is 16.7 Å². The summed E-state index contributed by atoms with van der Waals surface area (Å²) in [5.74, 6) is 2.69. The highest BCUT2D eigenvalue weighted by molar-refractivity contribution is 7.79. The van der Waals surface area contributed by atoms with E-state index in [9.17, 15) is 0 Å². The van der Waals surface area contributed by atoms with Crippen molar-refractivity contribution in [2.24, 2.45) is 0 Å². The number of para-hydroxylation sites is 2. The van der Waals surface area contributed by atoms with E-state index in [0.29, 0.717) is 5.75 Å². The van der Waals surface area contributed by atoms with Crippen molar-refractivity contribution in [1.29, 1.82) is 0 Å². The third-order valence-electron chi connectivity index (χ3n) is 2.91. The second kappa shape index (κ2) is 3.87. The molecule has 2 heteroatoms. The molecule has 0 aromatic heterocycles. The van der Waals surface area contributed by atoms with Crippen LogP contribution in [0.2, 0.25) is 0 Å². The van der Waals surface area contributed by atoms with Gasteiger partial charge in [-0.3, -0.25) is 0 Å². The Morgan fingerprint density at radius 1 is 1.00 bits per heavy atom. The molecule has 2 aromatic carbocycles. The predicted octanol–water partition coefficient (Wildman–Crippen LogP) is 3.81. The number of thiol groups is 1. The quantitative estimate of drug-likeness (QED) is 0.623. The molecule has 0 N–H and O–H groups in total. The fraction of sp³-hybridized carbons (Fsp3) is 0.143. The zero-order valence-electron chi connectivity index (χ0n) is 8.81. The maximum atomic E-state index is 5.95. The summed E-state index contributed by atoms with van der Waals surface area (Å²) in [5, 5.41) is 0. The second-order valence-electron chi connectivity index (χ2n) is 3.95. The second-order valence-corrected chi connectivity index (χ2v) is 4.27. The molecule has 0 aliphatic carbocycles. The van der Waals surface area contributed by atoms with Crippen molar-refractivity contribution in [1.82, 2.24) is 0 Å². The average Bonchev–Trinajstić information content (AvgIpc) is 2.35. The van der Waals surface area contributed by atoms with Gasteiger partial charge in [0.05, 0.1) is 0 Å². The van der Waals surface area contributed by atoms with Crippen LogP contribution in [-0.4, -0.2) is 0 Å². The van der Waals surface area contributed by atoms with Gasteiger partial charge in [0.2, 0.25) is 0 Å². The largest absolute Gasteiger partial charge is 0.456 e. The molecule has 0 amide bonds. The molecule has 0 saturated heterocycles. The molecule has 2 aromatic rings. The van der Waals surface area contributed by atoms with Crippen LogP contribution in [0.25, 0.3) is 0 Å². The Bertz CT molecular complexity index is 534. The normalized spacial score (nSPS) is 12.6. The molecule has 0 spiro atoms. The molecule has 3 rings (SSSR count). The zero-order chi connectivity index (χ0) is 11.0. The summed E-state index contributed by atoms with van der Waals surface area (Å²) in [6.07, 6.45) is 0.952. The summed E-state index contributed by atoms with van der Waals surface area (Å²) in [7, 11) is 0. The van der Waals surface area contributed by atoms with Crippen LogP contribution in [0.15, 0.2) is 42.5 Å². The Kier molecular flexibility index (Phi) is 2.37. The minimum absolute atomic E-state index is 0.714. The maximum Gasteiger partial charge on any atom is 0.134 e. The minimum atomic E-state index is 0.714. The summed E-state index contributed by atoms with van der Waals surface area (Å²) >= 11 is 4.33. The third-order valence-corrected chi connectivity index (χ3v) is 3.25. The molecule has 0 unspecified atom stereocenters. The summed E-state index contributed by atoms with van der Waals surface area (Å²) in [6, 6.07) is 14.5. The highest BCUT2D eigenvalue weighted by Gasteiger charge is 2.18. The Labute approximate surface area is 100 Å². The Balaban J connectivity index is 2.12. The first kappa shape index (κ1) is 9.79. The van der Waals surface area contributed by atoms with Gasteiger partial charge in [-0.1, -0.05) is 36.4 Å². The number of fused-ring (bicyclic) bond motifs is 2. The summed E-state index contributed by atoms with van der Waals surface area (Å²) in [4.78, 5) is 0. The van der Waals surface area contributed by atoms with Gasteiger partial charge in [0.15, 0.2) is 0 Å². The van der Waals surface area contributed by atoms with Crippen molar-refractivity contribution in [2.75, 3.05) is 0 Å². The molecule has 0 bridgehead atoms. The lowest BCUT2D eigenvalue weighted by Gasteiger charge is -2.22. The van der Waals surface area contributed by atoms with Crippen molar-refractivity contribution in [3.05, 3.63) is 59.2 Å². The van der Waals surface area contributed by atoms with E-state index in [2.05, 4.69) is 43.0 Å². The van der Waals surface area contributed by atoms with Crippen LogP contribution in [0.4, 0.5) is 0 Å². The topological polar surface area (TPSA) is 9.23 Å². The predicted molar refractivity (Wildman–Crippen MR) is 68.5 cm³/mol. The molecular weight excluding hydrogens is 216 g/mol. The standard InChI is InChI=1S/C14H12OS/c16-9-12-6-3-5-11-8-10-4-1-2-7-13(10)15-14(11)12/h1-7,16H,8-9H2. The first-order valence-electron chi connectivity index (χ1n) is 5.36. The molecule has 16 heavy (non-hydrogen) atoms.